The normalized spacial score (nSPS) is 10.7. The number of para-hydroxylation sites is 1. The molecule has 0 unspecified atom stereocenters. The molecule has 0 spiro atoms. The van der Waals surface area contributed by atoms with Crippen LogP contribution in [-0.2, 0) is 6.61 Å². The molecule has 0 saturated carbocycles. The van der Waals surface area contributed by atoms with Gasteiger partial charge in [-0.15, -0.1) is 0 Å². The Balaban J connectivity index is 1.81. The van der Waals surface area contributed by atoms with Crippen molar-refractivity contribution in [3.05, 3.63) is 65.9 Å². The van der Waals surface area contributed by atoms with Crippen LogP contribution in [0.25, 0.3) is 10.9 Å². The van der Waals surface area contributed by atoms with Crippen molar-refractivity contribution in [1.29, 1.82) is 0 Å². The number of anilines is 1. The van der Waals surface area contributed by atoms with Crippen LogP contribution in [0.5, 0.6) is 0 Å². The zero-order valence-electron chi connectivity index (χ0n) is 10.8. The molecule has 100 valence electrons. The third-order valence-electron chi connectivity index (χ3n) is 3.17. The molecule has 3 N–H and O–H groups in total. The Labute approximate surface area is 116 Å². The van der Waals surface area contributed by atoms with E-state index in [2.05, 4.69) is 10.3 Å². The number of hydrogen-bond acceptors (Lipinski definition) is 2. The highest BCUT2D eigenvalue weighted by molar-refractivity contribution is 6.05. The summed E-state index contributed by atoms with van der Waals surface area (Å²) in [7, 11) is 0. The molecule has 1 heterocycles. The minimum Gasteiger partial charge on any atom is -0.392 e. The summed E-state index contributed by atoms with van der Waals surface area (Å²) in [6.45, 7) is -0.00373. The third kappa shape index (κ3) is 2.41. The second kappa shape index (κ2) is 5.19. The molecule has 20 heavy (non-hydrogen) atoms. The van der Waals surface area contributed by atoms with Gasteiger partial charge >= 0.3 is 0 Å². The van der Waals surface area contributed by atoms with Crippen molar-refractivity contribution in [2.45, 2.75) is 6.61 Å². The van der Waals surface area contributed by atoms with Crippen LogP contribution in [0.4, 0.5) is 5.69 Å². The van der Waals surface area contributed by atoms with E-state index in [4.69, 9.17) is 5.11 Å². The van der Waals surface area contributed by atoms with E-state index in [0.717, 1.165) is 16.5 Å². The lowest BCUT2D eigenvalue weighted by Crippen LogP contribution is -2.12. The molecule has 3 rings (SSSR count). The Morgan fingerprint density at radius 1 is 1.10 bits per heavy atom. The monoisotopic (exact) mass is 266 g/mol. The van der Waals surface area contributed by atoms with Crippen LogP contribution in [0.15, 0.2) is 54.6 Å². The number of aliphatic hydroxyl groups is 1. The van der Waals surface area contributed by atoms with Crippen LogP contribution >= 0.6 is 0 Å². The summed E-state index contributed by atoms with van der Waals surface area (Å²) in [6.07, 6.45) is 0. The van der Waals surface area contributed by atoms with Crippen LogP contribution < -0.4 is 5.32 Å². The van der Waals surface area contributed by atoms with Crippen molar-refractivity contribution in [3.8, 4) is 0 Å². The molecule has 0 aliphatic carbocycles. The highest BCUT2D eigenvalue weighted by atomic mass is 16.3. The van der Waals surface area contributed by atoms with Gasteiger partial charge in [-0.2, -0.15) is 0 Å². The molecular formula is C16H14N2O2. The summed E-state index contributed by atoms with van der Waals surface area (Å²) < 4.78 is 0. The minimum absolute atomic E-state index is 0.00373. The summed E-state index contributed by atoms with van der Waals surface area (Å²) in [6, 6.07) is 16.7. The van der Waals surface area contributed by atoms with Crippen molar-refractivity contribution in [2.75, 3.05) is 5.32 Å². The number of aliphatic hydroxyl groups excluding tert-OH is 1. The van der Waals surface area contributed by atoms with Crippen molar-refractivity contribution in [1.82, 2.24) is 4.98 Å². The molecule has 0 radical (unpaired) electrons. The van der Waals surface area contributed by atoms with Gasteiger partial charge in [0.1, 0.15) is 5.69 Å². The molecule has 0 saturated heterocycles. The predicted molar refractivity (Wildman–Crippen MR) is 78.6 cm³/mol. The number of rotatable bonds is 3. The van der Waals surface area contributed by atoms with Gasteiger partial charge in [-0.05, 0) is 29.8 Å². The second-order valence-electron chi connectivity index (χ2n) is 4.58. The van der Waals surface area contributed by atoms with Gasteiger partial charge in [0.25, 0.3) is 5.91 Å². The number of benzene rings is 2. The lowest BCUT2D eigenvalue weighted by molar-refractivity contribution is 0.102. The van der Waals surface area contributed by atoms with E-state index in [9.17, 15) is 4.79 Å². The number of H-pyrrole nitrogens is 1. The van der Waals surface area contributed by atoms with Crippen molar-refractivity contribution < 1.29 is 9.90 Å². The van der Waals surface area contributed by atoms with Gasteiger partial charge in [0.15, 0.2) is 0 Å². The molecule has 1 amide bonds. The van der Waals surface area contributed by atoms with E-state index in [0.29, 0.717) is 11.4 Å². The van der Waals surface area contributed by atoms with Crippen molar-refractivity contribution in [3.63, 3.8) is 0 Å². The highest BCUT2D eigenvalue weighted by Crippen LogP contribution is 2.16. The van der Waals surface area contributed by atoms with Crippen molar-refractivity contribution >= 4 is 22.5 Å². The Morgan fingerprint density at radius 3 is 2.55 bits per heavy atom. The molecule has 0 aliphatic heterocycles. The maximum absolute atomic E-state index is 12.1. The quantitative estimate of drug-likeness (QED) is 0.682. The topological polar surface area (TPSA) is 65.1 Å². The van der Waals surface area contributed by atoms with Crippen LogP contribution in [-0.4, -0.2) is 16.0 Å². The average molecular weight is 266 g/mol. The van der Waals surface area contributed by atoms with E-state index in [1.807, 2.05) is 30.3 Å². The lowest BCUT2D eigenvalue weighted by atomic mass is 10.2. The van der Waals surface area contributed by atoms with Gasteiger partial charge in [0, 0.05) is 16.6 Å². The maximum atomic E-state index is 12.1. The first-order valence-corrected chi connectivity index (χ1v) is 6.35. The Bertz CT molecular complexity index is 712. The van der Waals surface area contributed by atoms with E-state index in [1.165, 1.54) is 0 Å². The first-order valence-electron chi connectivity index (χ1n) is 6.35. The molecule has 3 aromatic rings. The molecule has 4 nitrogen and oxygen atoms in total. The summed E-state index contributed by atoms with van der Waals surface area (Å²) >= 11 is 0. The highest BCUT2D eigenvalue weighted by Gasteiger charge is 2.09. The zero-order valence-corrected chi connectivity index (χ0v) is 10.8. The lowest BCUT2D eigenvalue weighted by Gasteiger charge is -2.04. The van der Waals surface area contributed by atoms with Crippen LogP contribution in [0.3, 0.4) is 0 Å². The number of hydrogen-bond donors (Lipinski definition) is 3. The molecule has 0 aliphatic rings. The SMILES string of the molecule is O=C(Nc1ccc(CO)cc1)c1cc2ccccc2[nH]1. The van der Waals surface area contributed by atoms with E-state index in [-0.39, 0.29) is 12.5 Å². The third-order valence-corrected chi connectivity index (χ3v) is 3.17. The summed E-state index contributed by atoms with van der Waals surface area (Å²) in [5.74, 6) is -0.182. The molecule has 0 bridgehead atoms. The molecule has 4 heteroatoms. The molecular weight excluding hydrogens is 252 g/mol. The van der Waals surface area contributed by atoms with Gasteiger partial charge in [0.05, 0.1) is 6.61 Å². The number of nitrogens with one attached hydrogen (secondary N) is 2. The number of aromatic nitrogens is 1. The van der Waals surface area contributed by atoms with E-state index < -0.39 is 0 Å². The zero-order chi connectivity index (χ0) is 13.9. The molecule has 1 aromatic heterocycles. The van der Waals surface area contributed by atoms with Crippen LogP contribution in [0.2, 0.25) is 0 Å². The minimum atomic E-state index is -0.182. The first kappa shape index (κ1) is 12.4. The molecule has 0 atom stereocenters. The van der Waals surface area contributed by atoms with Gasteiger partial charge in [-0.3, -0.25) is 4.79 Å². The Kier molecular flexibility index (Phi) is 3.23. The standard InChI is InChI=1S/C16H14N2O2/c19-10-11-5-7-13(8-6-11)17-16(20)15-9-12-3-1-2-4-14(12)18-15/h1-9,18-19H,10H2,(H,17,20). The largest absolute Gasteiger partial charge is 0.392 e. The Morgan fingerprint density at radius 2 is 1.85 bits per heavy atom. The number of fused-ring (bicyclic) bond motifs is 1. The van der Waals surface area contributed by atoms with Crippen LogP contribution in [0.1, 0.15) is 16.1 Å². The summed E-state index contributed by atoms with van der Waals surface area (Å²) in [5, 5.41) is 12.8. The first-order chi connectivity index (χ1) is 9.76. The molecule has 2 aromatic carbocycles. The predicted octanol–water partition coefficient (Wildman–Crippen LogP) is 2.91. The van der Waals surface area contributed by atoms with Gasteiger partial charge in [-0.1, -0.05) is 30.3 Å². The van der Waals surface area contributed by atoms with E-state index in [1.54, 1.807) is 24.3 Å². The number of amides is 1. The maximum Gasteiger partial charge on any atom is 0.272 e. The second-order valence-corrected chi connectivity index (χ2v) is 4.58. The van der Waals surface area contributed by atoms with Crippen LogP contribution in [0, 0.1) is 0 Å². The number of carbonyl (C=O) groups is 1. The van der Waals surface area contributed by atoms with Gasteiger partial charge in [-0.25, -0.2) is 0 Å². The Hall–Kier alpha value is -2.59. The fourth-order valence-corrected chi connectivity index (χ4v) is 2.09. The number of carbonyl (C=O) groups excluding carboxylic acids is 1. The number of aromatic amines is 1. The fraction of sp³-hybridized carbons (Fsp3) is 0.0625. The smallest absolute Gasteiger partial charge is 0.272 e. The van der Waals surface area contributed by atoms with E-state index >= 15 is 0 Å². The van der Waals surface area contributed by atoms with Gasteiger partial charge < -0.3 is 15.4 Å². The molecule has 0 fully saturated rings. The average Bonchev–Trinajstić information content (AvgIpc) is 2.92. The van der Waals surface area contributed by atoms with Gasteiger partial charge in [0.2, 0.25) is 0 Å². The van der Waals surface area contributed by atoms with Crippen molar-refractivity contribution in [2.24, 2.45) is 0 Å². The summed E-state index contributed by atoms with van der Waals surface area (Å²) in [4.78, 5) is 15.2. The summed E-state index contributed by atoms with van der Waals surface area (Å²) in [5.41, 5.74) is 2.98. The fourth-order valence-electron chi connectivity index (χ4n) is 2.09.